The number of nitrogens with zero attached hydrogens (tertiary/aromatic N) is 12. The number of rotatable bonds is 9. The zero-order chi connectivity index (χ0) is 49.0. The van der Waals surface area contributed by atoms with Crippen molar-refractivity contribution >= 4 is 40.5 Å². The average Bonchev–Trinajstić information content (AvgIpc) is 4.09. The van der Waals surface area contributed by atoms with Crippen molar-refractivity contribution in [3.05, 3.63) is 105 Å². The van der Waals surface area contributed by atoms with Gasteiger partial charge in [-0.15, -0.1) is 5.10 Å². The Kier molecular flexibility index (Phi) is 13.0. The minimum atomic E-state index is -2.65. The Bertz CT molecular complexity index is 2840. The van der Waals surface area contributed by atoms with E-state index in [0.717, 1.165) is 156 Å². The molecule has 3 saturated heterocycles. The van der Waals surface area contributed by atoms with Crippen molar-refractivity contribution in [3.63, 3.8) is 0 Å². The molecule has 71 heavy (non-hydrogen) atoms. The highest BCUT2D eigenvalue weighted by Gasteiger charge is 2.44. The zero-order valence-corrected chi connectivity index (χ0v) is 42.1. The van der Waals surface area contributed by atoms with Gasteiger partial charge in [0.1, 0.15) is 6.07 Å². The Labute approximate surface area is 421 Å². The van der Waals surface area contributed by atoms with Gasteiger partial charge in [0.2, 0.25) is 5.91 Å². The third-order valence-electron chi connectivity index (χ3n) is 16.9. The Balaban J connectivity index is 0.691. The number of amides is 1. The van der Waals surface area contributed by atoms with E-state index in [2.05, 4.69) is 60.7 Å². The molecular weight excluding hydrogens is 918 g/mol. The molecule has 1 spiro atoms. The standard InChI is InChI=1S/C55H65ClF2N12O/c1-36-29-55(35-69(36)45-12-8-41(30-59)49(56)27-45)17-23-66(24-18-55)52-13-9-43(61-62-52)25-38-14-20-65(21-15-38)32-39-6-10-44(11-7-39)70-50-16-22-67(37(2)71)34-48(50)54(63-70)68-19-4-5-40-26-46(42-31-60-64(3)33-42)47(53(57)58)28-51(40)68/h8-9,12-13,26-28,31-33,36,38,44,53H,4-7,10-11,14-25,29,34-35H2,1-3H3/t36-,44?/m0/s1. The number of carbonyl (C=O) groups is 1. The summed E-state index contributed by atoms with van der Waals surface area (Å²) in [5, 5.41) is 29.0. The van der Waals surface area contributed by atoms with Gasteiger partial charge in [-0.2, -0.15) is 20.6 Å². The third kappa shape index (κ3) is 9.49. The molecule has 0 N–H and O–H groups in total. The smallest absolute Gasteiger partial charge is 0.264 e. The normalized spacial score (nSPS) is 21.5. The number of benzene rings is 2. The van der Waals surface area contributed by atoms with Crippen LogP contribution in [0.15, 0.2) is 66.6 Å². The monoisotopic (exact) mass is 983 g/mol. The highest BCUT2D eigenvalue weighted by Crippen LogP contribution is 2.47. The number of alkyl halides is 2. The lowest BCUT2D eigenvalue weighted by molar-refractivity contribution is -0.129. The van der Waals surface area contributed by atoms with E-state index < -0.39 is 6.43 Å². The molecule has 0 bridgehead atoms. The second-order valence-corrected chi connectivity index (χ2v) is 21.8. The summed E-state index contributed by atoms with van der Waals surface area (Å²) in [6.45, 7) is 10.8. The maximum atomic E-state index is 14.8. The number of halogens is 3. The van der Waals surface area contributed by atoms with Crippen molar-refractivity contribution < 1.29 is 13.6 Å². The van der Waals surface area contributed by atoms with Gasteiger partial charge in [-0.1, -0.05) is 17.2 Å². The van der Waals surface area contributed by atoms with E-state index in [1.165, 1.54) is 11.3 Å². The third-order valence-corrected chi connectivity index (χ3v) is 17.2. The summed E-state index contributed by atoms with van der Waals surface area (Å²) in [5.41, 5.74) is 9.74. The summed E-state index contributed by atoms with van der Waals surface area (Å²) >= 11 is 6.41. The molecule has 11 rings (SSSR count). The fraction of sp³-hybridized carbons (Fsp3) is 0.527. The molecule has 16 heteroatoms. The Morgan fingerprint density at radius 3 is 2.46 bits per heavy atom. The van der Waals surface area contributed by atoms with Crippen LogP contribution in [0.25, 0.3) is 11.1 Å². The lowest BCUT2D eigenvalue weighted by atomic mass is 9.77. The molecule has 6 aliphatic rings. The first-order chi connectivity index (χ1) is 34.4. The molecule has 0 unspecified atom stereocenters. The summed E-state index contributed by atoms with van der Waals surface area (Å²) in [6.07, 6.45) is 16.3. The SMILES string of the molecule is CC(=O)N1CCc2c(c(N3CCCc4cc(-c5cnn(C)c5)c(C(F)F)cc43)nn2C2CCC(=CN3CCC(Cc4ccc(N5CCC6(CC5)C[C@H](C)N(c5ccc(C#N)c(Cl)c5)C6)nn4)CC3)CC2)C1. The minimum absolute atomic E-state index is 0.00151. The van der Waals surface area contributed by atoms with Crippen LogP contribution in [0.2, 0.25) is 5.02 Å². The topological polar surface area (TPSA) is 118 Å². The van der Waals surface area contributed by atoms with Crippen molar-refractivity contribution in [2.24, 2.45) is 18.4 Å². The van der Waals surface area contributed by atoms with E-state index in [-0.39, 0.29) is 22.9 Å². The van der Waals surface area contributed by atoms with Crippen LogP contribution in [-0.2, 0) is 37.6 Å². The van der Waals surface area contributed by atoms with E-state index in [0.29, 0.717) is 53.3 Å². The van der Waals surface area contributed by atoms with E-state index in [4.69, 9.17) is 26.9 Å². The van der Waals surface area contributed by atoms with Crippen molar-refractivity contribution in [1.82, 2.24) is 39.6 Å². The number of hydrogen-bond acceptors (Lipinski definition) is 10. The van der Waals surface area contributed by atoms with Gasteiger partial charge < -0.3 is 24.5 Å². The molecule has 13 nitrogen and oxygen atoms in total. The largest absolute Gasteiger partial charge is 0.377 e. The number of hydrogen-bond donors (Lipinski definition) is 0. The number of aryl methyl sites for hydroxylation is 2. The fourth-order valence-electron chi connectivity index (χ4n) is 12.9. The number of anilines is 4. The molecule has 5 aliphatic heterocycles. The lowest BCUT2D eigenvalue weighted by Gasteiger charge is -2.39. The van der Waals surface area contributed by atoms with Gasteiger partial charge in [-0.05, 0) is 155 Å². The fourth-order valence-corrected chi connectivity index (χ4v) is 13.1. The van der Waals surface area contributed by atoms with Gasteiger partial charge in [0, 0.05) is 112 Å². The van der Waals surface area contributed by atoms with Gasteiger partial charge in [-0.3, -0.25) is 14.2 Å². The maximum Gasteiger partial charge on any atom is 0.264 e. The molecule has 4 fully saturated rings. The van der Waals surface area contributed by atoms with E-state index >= 15 is 0 Å². The predicted molar refractivity (Wildman–Crippen MR) is 273 cm³/mol. The van der Waals surface area contributed by atoms with Crippen molar-refractivity contribution in [2.45, 2.75) is 122 Å². The summed E-state index contributed by atoms with van der Waals surface area (Å²) in [4.78, 5) is 24.2. The molecular formula is C55H65ClF2N12O. The Hall–Kier alpha value is -6.01. The maximum absolute atomic E-state index is 14.8. The number of allylic oxidation sites excluding steroid dienone is 1. The van der Waals surface area contributed by atoms with Gasteiger partial charge in [0.25, 0.3) is 6.43 Å². The molecule has 1 saturated carbocycles. The second-order valence-electron chi connectivity index (χ2n) is 21.4. The molecule has 1 aliphatic carbocycles. The van der Waals surface area contributed by atoms with E-state index in [1.807, 2.05) is 29.2 Å². The van der Waals surface area contributed by atoms with Crippen LogP contribution in [0, 0.1) is 22.7 Å². The van der Waals surface area contributed by atoms with Crippen LogP contribution in [0.4, 0.5) is 31.8 Å². The number of nitriles is 1. The van der Waals surface area contributed by atoms with Gasteiger partial charge >= 0.3 is 0 Å². The number of piperidine rings is 2. The van der Waals surface area contributed by atoms with Crippen LogP contribution >= 0.6 is 11.6 Å². The Morgan fingerprint density at radius 1 is 0.972 bits per heavy atom. The zero-order valence-electron chi connectivity index (χ0n) is 41.3. The quantitative estimate of drug-likeness (QED) is 0.141. The summed E-state index contributed by atoms with van der Waals surface area (Å²) in [6, 6.07) is 16.6. The summed E-state index contributed by atoms with van der Waals surface area (Å²) in [5.74, 6) is 2.41. The number of likely N-dealkylation sites (tertiary alicyclic amines) is 1. The molecule has 1 atom stereocenters. The first-order valence-electron chi connectivity index (χ1n) is 26.0. The van der Waals surface area contributed by atoms with Crippen LogP contribution in [0.1, 0.15) is 124 Å². The number of carbonyl (C=O) groups excluding carboxylic acids is 1. The highest BCUT2D eigenvalue weighted by molar-refractivity contribution is 6.32. The molecule has 0 radical (unpaired) electrons. The van der Waals surface area contributed by atoms with Crippen molar-refractivity contribution in [2.75, 3.05) is 60.5 Å². The lowest BCUT2D eigenvalue weighted by Crippen LogP contribution is -2.42. The van der Waals surface area contributed by atoms with E-state index in [9.17, 15) is 18.8 Å². The molecule has 8 heterocycles. The van der Waals surface area contributed by atoms with Gasteiger partial charge in [0.05, 0.1) is 35.1 Å². The van der Waals surface area contributed by atoms with Crippen LogP contribution in [0.3, 0.4) is 0 Å². The minimum Gasteiger partial charge on any atom is -0.377 e. The van der Waals surface area contributed by atoms with Gasteiger partial charge in [0.15, 0.2) is 11.6 Å². The molecule has 1 amide bonds. The van der Waals surface area contributed by atoms with Crippen molar-refractivity contribution in [3.8, 4) is 17.2 Å². The predicted octanol–water partition coefficient (Wildman–Crippen LogP) is 10.4. The van der Waals surface area contributed by atoms with Crippen LogP contribution < -0.4 is 14.7 Å². The summed E-state index contributed by atoms with van der Waals surface area (Å²) < 4.78 is 33.5. The molecule has 2 aromatic carbocycles. The van der Waals surface area contributed by atoms with Gasteiger partial charge in [-0.25, -0.2) is 8.78 Å². The van der Waals surface area contributed by atoms with Crippen LogP contribution in [0.5, 0.6) is 0 Å². The highest BCUT2D eigenvalue weighted by atomic mass is 35.5. The molecule has 3 aromatic heterocycles. The summed E-state index contributed by atoms with van der Waals surface area (Å²) in [7, 11) is 1.80. The number of fused-ring (bicyclic) bond motifs is 2. The average molecular weight is 984 g/mol. The molecule has 5 aromatic rings. The number of aromatic nitrogens is 6. The molecule has 372 valence electrons. The van der Waals surface area contributed by atoms with E-state index in [1.54, 1.807) is 37.1 Å². The van der Waals surface area contributed by atoms with Crippen LogP contribution in [-0.4, -0.2) is 97.3 Å². The van der Waals surface area contributed by atoms with Crippen molar-refractivity contribution in [1.29, 1.82) is 5.26 Å². The Morgan fingerprint density at radius 2 is 1.77 bits per heavy atom. The first-order valence-corrected chi connectivity index (χ1v) is 26.3. The first kappa shape index (κ1) is 47.3. The second kappa shape index (κ2) is 19.5.